The zero-order valence-electron chi connectivity index (χ0n) is 23.5. The highest BCUT2D eigenvalue weighted by molar-refractivity contribution is 7.95. The van der Waals surface area contributed by atoms with Crippen LogP contribution in [0.2, 0.25) is 0 Å². The minimum atomic E-state index is -4.15. The Morgan fingerprint density at radius 3 is 1.89 bits per heavy atom. The van der Waals surface area contributed by atoms with E-state index in [1.807, 2.05) is 61.5 Å². The lowest BCUT2D eigenvalue weighted by molar-refractivity contribution is -0.0249. The summed E-state index contributed by atoms with van der Waals surface area (Å²) in [6.45, 7) is 16.5. The van der Waals surface area contributed by atoms with E-state index < -0.39 is 25.6 Å². The number of rotatable bonds is 4. The lowest BCUT2D eigenvalue weighted by Gasteiger charge is -2.38. The molecule has 0 aliphatic carbocycles. The largest absolute Gasteiger partial charge is 0.507 e. The maximum absolute atomic E-state index is 13.4. The van der Waals surface area contributed by atoms with E-state index in [-0.39, 0.29) is 28.6 Å². The molecule has 2 aromatic rings. The van der Waals surface area contributed by atoms with Gasteiger partial charge in [-0.05, 0) is 72.7 Å². The lowest BCUT2D eigenvalue weighted by Crippen LogP contribution is -2.52. The monoisotopic (exact) mass is 538 g/mol. The van der Waals surface area contributed by atoms with Crippen molar-refractivity contribution in [1.29, 1.82) is 5.26 Å². The van der Waals surface area contributed by atoms with Gasteiger partial charge in [-0.15, -0.1) is 0 Å². The molecule has 3 rings (SSSR count). The Balaban J connectivity index is 2.02. The number of hydrogen-bond donors (Lipinski definition) is 1. The first-order valence-electron chi connectivity index (χ1n) is 12.7. The van der Waals surface area contributed by atoms with Gasteiger partial charge in [-0.3, -0.25) is 4.79 Å². The Labute approximate surface area is 226 Å². The second-order valence-electron chi connectivity index (χ2n) is 12.1. The summed E-state index contributed by atoms with van der Waals surface area (Å²) in [6, 6.07) is 10.8. The van der Waals surface area contributed by atoms with Crippen molar-refractivity contribution in [2.75, 3.05) is 13.2 Å². The highest BCUT2D eigenvalue weighted by Gasteiger charge is 2.31. The Kier molecular flexibility index (Phi) is 8.16. The molecular formula is C30H38N2O5S. The summed E-state index contributed by atoms with van der Waals surface area (Å²) in [7, 11) is -4.15. The summed E-state index contributed by atoms with van der Waals surface area (Å²) in [6.07, 6.45) is 1.34. The number of allylic oxidation sites excluding steroid dienone is 1. The van der Waals surface area contributed by atoms with Crippen LogP contribution >= 0.6 is 0 Å². The molecule has 8 heteroatoms. The van der Waals surface area contributed by atoms with E-state index in [1.165, 1.54) is 30.3 Å². The zero-order valence-corrected chi connectivity index (χ0v) is 24.3. The van der Waals surface area contributed by atoms with Crippen LogP contribution in [-0.2, 0) is 25.4 Å². The fourth-order valence-electron chi connectivity index (χ4n) is 4.66. The molecule has 0 spiro atoms. The van der Waals surface area contributed by atoms with E-state index in [0.29, 0.717) is 35.5 Å². The van der Waals surface area contributed by atoms with Gasteiger partial charge >= 0.3 is 0 Å². The molecule has 0 saturated carbocycles. The topological polar surface area (TPSA) is 108 Å². The van der Waals surface area contributed by atoms with Crippen molar-refractivity contribution < 1.29 is 23.1 Å². The van der Waals surface area contributed by atoms with E-state index in [2.05, 4.69) is 0 Å². The molecule has 1 aliphatic heterocycles. The third-order valence-electron chi connectivity index (χ3n) is 6.76. The number of nitrogens with zero attached hydrogens (tertiary/aromatic N) is 2. The standard InChI is InChI=1S/C30H38N2O5S/c1-19-17-37-18-20(2)32(19)28(34)22-9-11-23(12-10-22)38(35,36)24(16-31)13-21-14-25(29(3,4)5)27(33)26(15-21)30(6,7)8/h9-15,19-20,33H,17-18H2,1-8H3. The van der Waals surface area contributed by atoms with Gasteiger partial charge in [0.2, 0.25) is 9.84 Å². The molecule has 1 aliphatic rings. The second kappa shape index (κ2) is 10.5. The minimum Gasteiger partial charge on any atom is -0.507 e. The van der Waals surface area contributed by atoms with Crippen LogP contribution in [0.15, 0.2) is 46.2 Å². The van der Waals surface area contributed by atoms with Crippen molar-refractivity contribution in [1.82, 2.24) is 4.90 Å². The van der Waals surface area contributed by atoms with Crippen LogP contribution in [0.1, 0.15) is 82.4 Å². The smallest absolute Gasteiger partial charge is 0.254 e. The number of phenols is 1. The SMILES string of the molecule is CC1COCC(C)N1C(=O)c1ccc(S(=O)(=O)C(C#N)=Cc2cc(C(C)(C)C)c(O)c(C(C)(C)C)c2)cc1. The number of sulfone groups is 1. The molecule has 0 aromatic heterocycles. The fraction of sp³-hybridized carbons (Fsp3) is 0.467. The number of carbonyl (C=O) groups excluding carboxylic acids is 1. The van der Waals surface area contributed by atoms with Gasteiger partial charge in [0.1, 0.15) is 16.7 Å². The molecule has 1 amide bonds. The predicted molar refractivity (Wildman–Crippen MR) is 149 cm³/mol. The van der Waals surface area contributed by atoms with E-state index in [9.17, 15) is 23.6 Å². The normalized spacial score (nSPS) is 19.2. The number of ether oxygens (including phenoxy) is 1. The van der Waals surface area contributed by atoms with Gasteiger partial charge in [0, 0.05) is 16.7 Å². The van der Waals surface area contributed by atoms with Crippen LogP contribution in [-0.4, -0.2) is 49.6 Å². The third-order valence-corrected chi connectivity index (χ3v) is 8.44. The van der Waals surface area contributed by atoms with Crippen LogP contribution < -0.4 is 0 Å². The predicted octanol–water partition coefficient (Wildman–Crippen LogP) is 5.57. The van der Waals surface area contributed by atoms with Crippen molar-refractivity contribution in [3.8, 4) is 11.8 Å². The maximum Gasteiger partial charge on any atom is 0.254 e. The van der Waals surface area contributed by atoms with E-state index in [1.54, 1.807) is 17.0 Å². The van der Waals surface area contributed by atoms with Gasteiger partial charge in [-0.2, -0.15) is 5.26 Å². The number of benzene rings is 2. The van der Waals surface area contributed by atoms with E-state index in [4.69, 9.17) is 4.74 Å². The molecule has 1 N–H and O–H groups in total. The van der Waals surface area contributed by atoms with Crippen molar-refractivity contribution in [3.05, 3.63) is 63.6 Å². The maximum atomic E-state index is 13.4. The van der Waals surface area contributed by atoms with Crippen molar-refractivity contribution in [2.45, 2.75) is 83.2 Å². The summed E-state index contributed by atoms with van der Waals surface area (Å²) < 4.78 is 32.4. The van der Waals surface area contributed by atoms with Gasteiger partial charge in [0.25, 0.3) is 5.91 Å². The number of carbonyl (C=O) groups is 1. The van der Waals surface area contributed by atoms with Crippen LogP contribution in [0, 0.1) is 11.3 Å². The summed E-state index contributed by atoms with van der Waals surface area (Å²) in [5.74, 6) is -0.0190. The molecule has 2 atom stereocenters. The summed E-state index contributed by atoms with van der Waals surface area (Å²) >= 11 is 0. The molecule has 1 saturated heterocycles. The lowest BCUT2D eigenvalue weighted by atomic mass is 9.78. The molecule has 2 unspecified atom stereocenters. The molecule has 0 radical (unpaired) electrons. The van der Waals surface area contributed by atoms with Crippen LogP contribution in [0.25, 0.3) is 6.08 Å². The van der Waals surface area contributed by atoms with Crippen molar-refractivity contribution >= 4 is 21.8 Å². The molecule has 204 valence electrons. The van der Waals surface area contributed by atoms with Gasteiger partial charge in [0.15, 0.2) is 0 Å². The number of amides is 1. The van der Waals surface area contributed by atoms with Gasteiger partial charge in [0.05, 0.1) is 30.2 Å². The van der Waals surface area contributed by atoms with Crippen molar-refractivity contribution in [3.63, 3.8) is 0 Å². The average Bonchev–Trinajstić information content (AvgIpc) is 2.81. The Morgan fingerprint density at radius 1 is 1.00 bits per heavy atom. The first-order valence-corrected chi connectivity index (χ1v) is 14.2. The first-order chi connectivity index (χ1) is 17.5. The molecule has 38 heavy (non-hydrogen) atoms. The summed E-state index contributed by atoms with van der Waals surface area (Å²) in [5, 5.41) is 20.8. The summed E-state index contributed by atoms with van der Waals surface area (Å²) in [5.41, 5.74) is 1.41. The molecule has 1 heterocycles. The number of hydrogen-bond acceptors (Lipinski definition) is 6. The molecule has 2 aromatic carbocycles. The summed E-state index contributed by atoms with van der Waals surface area (Å²) in [4.78, 5) is 14.4. The van der Waals surface area contributed by atoms with Crippen LogP contribution in [0.3, 0.4) is 0 Å². The van der Waals surface area contributed by atoms with E-state index >= 15 is 0 Å². The molecule has 7 nitrogen and oxygen atoms in total. The average molecular weight is 539 g/mol. The number of aromatic hydroxyl groups is 1. The number of phenolic OH excluding ortho intramolecular Hbond substituents is 1. The van der Waals surface area contributed by atoms with Gasteiger partial charge in [-0.1, -0.05) is 41.5 Å². The van der Waals surface area contributed by atoms with Gasteiger partial charge in [-0.25, -0.2) is 8.42 Å². The van der Waals surface area contributed by atoms with E-state index in [0.717, 1.165) is 0 Å². The molecule has 1 fully saturated rings. The minimum absolute atomic E-state index is 0.0733. The Bertz CT molecular complexity index is 1340. The fourth-order valence-corrected chi connectivity index (χ4v) is 5.82. The number of nitriles is 1. The number of morpholine rings is 1. The first kappa shape index (κ1) is 29.4. The zero-order chi connectivity index (χ0) is 28.6. The quantitative estimate of drug-likeness (QED) is 0.510. The van der Waals surface area contributed by atoms with Crippen LogP contribution in [0.4, 0.5) is 0 Å². The Hall–Kier alpha value is -3.15. The molecule has 0 bridgehead atoms. The Morgan fingerprint density at radius 2 is 1.47 bits per heavy atom. The van der Waals surface area contributed by atoms with Crippen molar-refractivity contribution in [2.24, 2.45) is 0 Å². The highest BCUT2D eigenvalue weighted by atomic mass is 32.2. The second-order valence-corrected chi connectivity index (χ2v) is 14.0. The molecular weight excluding hydrogens is 500 g/mol. The van der Waals surface area contributed by atoms with Gasteiger partial charge < -0.3 is 14.7 Å². The highest BCUT2D eigenvalue weighted by Crippen LogP contribution is 2.40. The third kappa shape index (κ3) is 5.95. The van der Waals surface area contributed by atoms with Crippen LogP contribution in [0.5, 0.6) is 5.75 Å².